The third-order valence-corrected chi connectivity index (χ3v) is 4.69. The van der Waals surface area contributed by atoms with Crippen molar-refractivity contribution >= 4 is 69.6 Å². The largest absolute Gasteiger partial charge is 0.595 e. The Morgan fingerprint density at radius 3 is 2.14 bits per heavy atom. The highest BCUT2D eigenvalue weighted by Crippen LogP contribution is 2.32. The number of rotatable bonds is 6. The van der Waals surface area contributed by atoms with Crippen molar-refractivity contribution in [2.75, 3.05) is 5.32 Å². The number of carbonyl (C=O) groups is 2. The molecule has 0 heterocycles. The van der Waals surface area contributed by atoms with E-state index < -0.39 is 26.9 Å². The van der Waals surface area contributed by atoms with Crippen LogP contribution in [0.2, 0.25) is 5.02 Å². The average molecular weight is 467 g/mol. The predicted octanol–water partition coefficient (Wildman–Crippen LogP) is 3.88. The number of alkyl halides is 3. The van der Waals surface area contributed by atoms with E-state index in [0.717, 1.165) is 0 Å². The van der Waals surface area contributed by atoms with Crippen LogP contribution in [-0.2, 0) is 0 Å². The molecule has 0 spiro atoms. The molecule has 0 bridgehead atoms. The van der Waals surface area contributed by atoms with E-state index in [0.29, 0.717) is 10.7 Å². The molecule has 2 unspecified atom stereocenters. The second-order valence-electron chi connectivity index (χ2n) is 5.71. The molecule has 2 aromatic rings. The molecule has 0 aliphatic rings. The SMILES string of the molecule is O=C(Nc1ccc(Cl)cc1)NC(CC(=O)c1ccc([NH+]([O-])O)cc1)C(Cl)(Cl)Cl. The minimum Gasteiger partial charge on any atom is -0.595 e. The number of urea groups is 1. The molecule has 0 fully saturated rings. The zero-order chi connectivity index (χ0) is 20.9. The van der Waals surface area contributed by atoms with Crippen LogP contribution in [0.4, 0.5) is 16.2 Å². The first kappa shape index (κ1) is 22.7. The maximum atomic E-state index is 12.5. The van der Waals surface area contributed by atoms with Crippen LogP contribution in [0, 0.1) is 5.21 Å². The number of benzene rings is 2. The Labute approximate surface area is 180 Å². The van der Waals surface area contributed by atoms with E-state index >= 15 is 0 Å². The van der Waals surface area contributed by atoms with E-state index in [9.17, 15) is 14.8 Å². The molecule has 0 aromatic heterocycles. The number of hydrogen-bond donors (Lipinski definition) is 4. The Morgan fingerprint density at radius 1 is 1.07 bits per heavy atom. The summed E-state index contributed by atoms with van der Waals surface area (Å²) in [5, 5.41) is 24.2. The number of halogens is 4. The van der Waals surface area contributed by atoms with Crippen molar-refractivity contribution in [2.24, 2.45) is 0 Å². The number of amides is 2. The molecule has 2 atom stereocenters. The van der Waals surface area contributed by atoms with Crippen LogP contribution < -0.4 is 15.9 Å². The first-order valence-corrected chi connectivity index (χ1v) is 9.34. The highest BCUT2D eigenvalue weighted by atomic mass is 35.6. The summed E-state index contributed by atoms with van der Waals surface area (Å²) in [6.45, 7) is 0. The Bertz CT molecular complexity index is 824. The maximum Gasteiger partial charge on any atom is 0.319 e. The second-order valence-corrected chi connectivity index (χ2v) is 8.51. The summed E-state index contributed by atoms with van der Waals surface area (Å²) in [6.07, 6.45) is -0.309. The van der Waals surface area contributed by atoms with Crippen molar-refractivity contribution in [3.63, 3.8) is 0 Å². The molecule has 0 radical (unpaired) electrons. The molecule has 0 saturated heterocycles. The van der Waals surface area contributed by atoms with Gasteiger partial charge in [-0.1, -0.05) is 46.4 Å². The van der Waals surface area contributed by atoms with Gasteiger partial charge in [-0.3, -0.25) is 4.79 Å². The highest BCUT2D eigenvalue weighted by Gasteiger charge is 2.35. The molecular weight excluding hydrogens is 452 g/mol. The molecule has 28 heavy (non-hydrogen) atoms. The van der Waals surface area contributed by atoms with Crippen LogP contribution in [0.1, 0.15) is 16.8 Å². The van der Waals surface area contributed by atoms with Gasteiger partial charge in [-0.25, -0.2) is 10.0 Å². The Kier molecular flexibility index (Phi) is 7.91. The van der Waals surface area contributed by atoms with Gasteiger partial charge < -0.3 is 15.8 Å². The van der Waals surface area contributed by atoms with Crippen LogP contribution in [-0.4, -0.2) is 26.9 Å². The Morgan fingerprint density at radius 2 is 1.64 bits per heavy atom. The van der Waals surface area contributed by atoms with E-state index in [2.05, 4.69) is 10.6 Å². The molecule has 150 valence electrons. The number of ketones is 1. The summed E-state index contributed by atoms with van der Waals surface area (Å²) >= 11 is 23.5. The van der Waals surface area contributed by atoms with Crippen molar-refractivity contribution in [1.29, 1.82) is 0 Å². The predicted molar refractivity (Wildman–Crippen MR) is 109 cm³/mol. The van der Waals surface area contributed by atoms with Gasteiger partial charge in [-0.2, -0.15) is 5.23 Å². The smallest absolute Gasteiger partial charge is 0.319 e. The summed E-state index contributed by atoms with van der Waals surface area (Å²) in [4.78, 5) is 24.6. The van der Waals surface area contributed by atoms with Crippen LogP contribution in [0.25, 0.3) is 0 Å². The zero-order valence-corrected chi connectivity index (χ0v) is 17.1. The minimum absolute atomic E-state index is 0.0370. The summed E-state index contributed by atoms with van der Waals surface area (Å²) in [7, 11) is 0. The topological polar surface area (TPSA) is 106 Å². The standard InChI is InChI=1S/C17H15Cl4N3O4/c18-11-3-5-12(6-4-11)22-16(26)23-15(17(19,20)21)9-14(25)10-1-7-13(8-2-10)24(27)28/h1-8,15,24,27H,9H2,(H2,22,23,26). The molecule has 2 aromatic carbocycles. The molecule has 2 rings (SSSR count). The third kappa shape index (κ3) is 6.79. The van der Waals surface area contributed by atoms with Gasteiger partial charge >= 0.3 is 6.03 Å². The zero-order valence-electron chi connectivity index (χ0n) is 14.1. The number of carbonyl (C=O) groups excluding carboxylic acids is 2. The molecule has 4 N–H and O–H groups in total. The fraction of sp³-hybridized carbons (Fsp3) is 0.176. The summed E-state index contributed by atoms with van der Waals surface area (Å²) < 4.78 is -1.95. The molecule has 7 nitrogen and oxygen atoms in total. The molecular formula is C17H15Cl4N3O4. The number of hydrogen-bond acceptors (Lipinski definition) is 4. The molecule has 0 aliphatic carbocycles. The molecule has 0 saturated carbocycles. The van der Waals surface area contributed by atoms with Gasteiger partial charge in [0.2, 0.25) is 3.79 Å². The maximum absolute atomic E-state index is 12.5. The lowest BCUT2D eigenvalue weighted by molar-refractivity contribution is -0.991. The van der Waals surface area contributed by atoms with Crippen LogP contribution in [0.5, 0.6) is 0 Å². The lowest BCUT2D eigenvalue weighted by atomic mass is 10.0. The lowest BCUT2D eigenvalue weighted by Crippen LogP contribution is -2.99. The van der Waals surface area contributed by atoms with Gasteiger partial charge in [-0.15, -0.1) is 0 Å². The van der Waals surface area contributed by atoms with E-state index in [1.807, 2.05) is 0 Å². The van der Waals surface area contributed by atoms with Crippen molar-refractivity contribution in [1.82, 2.24) is 5.32 Å². The summed E-state index contributed by atoms with van der Waals surface area (Å²) in [5.74, 6) is -0.431. The van der Waals surface area contributed by atoms with E-state index in [1.165, 1.54) is 24.3 Å². The first-order valence-electron chi connectivity index (χ1n) is 7.82. The Hall–Kier alpha value is -1.58. The fourth-order valence-corrected chi connectivity index (χ4v) is 2.73. The third-order valence-electron chi connectivity index (χ3n) is 3.65. The van der Waals surface area contributed by atoms with Gasteiger partial charge in [0, 0.05) is 34.8 Å². The van der Waals surface area contributed by atoms with Crippen molar-refractivity contribution < 1.29 is 20.0 Å². The molecule has 2 amide bonds. The monoisotopic (exact) mass is 465 g/mol. The number of quaternary nitrogens is 1. The highest BCUT2D eigenvalue weighted by molar-refractivity contribution is 6.68. The van der Waals surface area contributed by atoms with Gasteiger partial charge in [0.15, 0.2) is 11.5 Å². The normalized spacial score (nSPS) is 13.5. The fourth-order valence-electron chi connectivity index (χ4n) is 2.21. The van der Waals surface area contributed by atoms with Gasteiger partial charge in [-0.05, 0) is 36.4 Å². The van der Waals surface area contributed by atoms with Crippen molar-refractivity contribution in [3.05, 3.63) is 64.3 Å². The summed E-state index contributed by atoms with van der Waals surface area (Å²) in [6, 6.07) is 9.85. The van der Waals surface area contributed by atoms with Crippen LogP contribution >= 0.6 is 46.4 Å². The number of anilines is 1. The van der Waals surface area contributed by atoms with Crippen LogP contribution in [0.15, 0.2) is 48.5 Å². The van der Waals surface area contributed by atoms with E-state index in [4.69, 9.17) is 51.6 Å². The van der Waals surface area contributed by atoms with Gasteiger partial charge in [0.05, 0.1) is 6.04 Å². The Balaban J connectivity index is 2.05. The average Bonchev–Trinajstić information content (AvgIpc) is 2.62. The van der Waals surface area contributed by atoms with E-state index in [1.54, 1.807) is 24.3 Å². The van der Waals surface area contributed by atoms with Gasteiger partial charge in [0.1, 0.15) is 0 Å². The van der Waals surface area contributed by atoms with Crippen molar-refractivity contribution in [3.8, 4) is 0 Å². The summed E-state index contributed by atoms with van der Waals surface area (Å²) in [5.41, 5.74) is 0.722. The quantitative estimate of drug-likeness (QED) is 0.294. The second kappa shape index (κ2) is 9.76. The van der Waals surface area contributed by atoms with Crippen LogP contribution in [0.3, 0.4) is 0 Å². The van der Waals surface area contributed by atoms with E-state index in [-0.39, 0.29) is 17.7 Å². The molecule has 11 heteroatoms. The first-order chi connectivity index (χ1) is 13.1. The lowest BCUT2D eigenvalue weighted by Gasteiger charge is -2.25. The number of nitrogens with one attached hydrogen (secondary N) is 3. The van der Waals surface area contributed by atoms with Gasteiger partial charge in [0.25, 0.3) is 0 Å². The van der Waals surface area contributed by atoms with Crippen molar-refractivity contribution in [2.45, 2.75) is 16.3 Å². The number of Topliss-reactive ketones (excluding diaryl/α,β-unsaturated/α-hetero) is 1. The molecule has 0 aliphatic heterocycles. The minimum atomic E-state index is -1.95.